The Morgan fingerprint density at radius 2 is 1.75 bits per heavy atom. The zero-order chi connectivity index (χ0) is 22.5. The van der Waals surface area contributed by atoms with E-state index in [1.807, 2.05) is 24.3 Å². The molecule has 1 aromatic heterocycles. The monoisotopic (exact) mass is 428 g/mol. The summed E-state index contributed by atoms with van der Waals surface area (Å²) in [4.78, 5) is 19.3. The zero-order valence-electron chi connectivity index (χ0n) is 19.0. The van der Waals surface area contributed by atoms with Crippen LogP contribution in [0.25, 0.3) is 22.4 Å². The van der Waals surface area contributed by atoms with Crippen molar-refractivity contribution in [2.75, 3.05) is 4.90 Å². The van der Waals surface area contributed by atoms with Crippen LogP contribution in [0.3, 0.4) is 0 Å². The molecule has 0 bridgehead atoms. The van der Waals surface area contributed by atoms with Crippen molar-refractivity contribution in [2.24, 2.45) is 0 Å². The summed E-state index contributed by atoms with van der Waals surface area (Å²) < 4.78 is 0. The lowest BCUT2D eigenvalue weighted by Gasteiger charge is -2.42. The number of hydrogen-bond donors (Lipinski definition) is 1. The summed E-state index contributed by atoms with van der Waals surface area (Å²) in [5, 5.41) is 9.63. The maximum Gasteiger partial charge on any atom is 0.305 e. The van der Waals surface area contributed by atoms with Gasteiger partial charge in [-0.2, -0.15) is 0 Å². The summed E-state index contributed by atoms with van der Waals surface area (Å²) in [6.07, 6.45) is 5.06. The lowest BCUT2D eigenvalue weighted by atomic mass is 9.91. The summed E-state index contributed by atoms with van der Waals surface area (Å²) in [6, 6.07) is 23.2. The largest absolute Gasteiger partial charge is 0.481 e. The second-order valence-corrected chi connectivity index (χ2v) is 8.79. The van der Waals surface area contributed by atoms with E-state index in [2.05, 4.69) is 61.2 Å². The predicted octanol–water partition coefficient (Wildman–Crippen LogP) is 6.59. The van der Waals surface area contributed by atoms with E-state index in [4.69, 9.17) is 4.98 Å². The fourth-order valence-corrected chi connectivity index (χ4v) is 4.83. The second kappa shape index (κ2) is 9.99. The van der Waals surface area contributed by atoms with Gasteiger partial charge in [-0.25, -0.2) is 4.98 Å². The van der Waals surface area contributed by atoms with Crippen LogP contribution in [0.2, 0.25) is 0 Å². The normalized spacial score (nSPS) is 16.4. The minimum atomic E-state index is -0.741. The number of unbranched alkanes of at least 4 members (excludes halogenated alkanes) is 1. The topological polar surface area (TPSA) is 53.4 Å². The number of pyridine rings is 1. The summed E-state index contributed by atoms with van der Waals surface area (Å²) in [6.45, 7) is 4.36. The molecule has 0 aliphatic carbocycles. The molecule has 166 valence electrons. The third kappa shape index (κ3) is 4.69. The molecule has 4 heteroatoms. The van der Waals surface area contributed by atoms with Gasteiger partial charge in [-0.1, -0.05) is 80.4 Å². The molecule has 0 radical (unpaired) electrons. The molecule has 0 fully saturated rings. The van der Waals surface area contributed by atoms with Crippen molar-refractivity contribution in [1.82, 2.24) is 4.98 Å². The Balaban J connectivity index is 1.87. The van der Waals surface area contributed by atoms with E-state index in [1.54, 1.807) is 0 Å². The molecule has 1 N–H and O–H groups in total. The molecular weight excluding hydrogens is 396 g/mol. The molecule has 0 spiro atoms. The van der Waals surface area contributed by atoms with Crippen molar-refractivity contribution < 1.29 is 9.90 Å². The zero-order valence-corrected chi connectivity index (χ0v) is 19.0. The van der Waals surface area contributed by atoms with Crippen molar-refractivity contribution in [3.8, 4) is 22.4 Å². The molecule has 2 atom stereocenters. The van der Waals surface area contributed by atoms with Crippen molar-refractivity contribution in [3.63, 3.8) is 0 Å². The van der Waals surface area contributed by atoms with Gasteiger partial charge in [0, 0.05) is 23.2 Å². The van der Waals surface area contributed by atoms with Crippen LogP contribution in [0, 0.1) is 0 Å². The number of rotatable bonds is 8. The molecule has 4 rings (SSSR count). The maximum atomic E-state index is 11.7. The molecule has 2 heterocycles. The van der Waals surface area contributed by atoms with E-state index in [1.165, 1.54) is 5.56 Å². The number of carboxylic acid groups (broad SMARTS) is 1. The number of aryl methyl sites for hydroxylation is 1. The molecule has 0 saturated heterocycles. The third-order valence-electron chi connectivity index (χ3n) is 6.46. The Labute approximate surface area is 190 Å². The molecule has 1 aliphatic rings. The fourth-order valence-electron chi connectivity index (χ4n) is 4.83. The Morgan fingerprint density at radius 1 is 1.09 bits per heavy atom. The number of carbonyl (C=O) groups is 1. The van der Waals surface area contributed by atoms with Crippen molar-refractivity contribution in [3.05, 3.63) is 72.3 Å². The van der Waals surface area contributed by atoms with Crippen LogP contribution in [0.4, 0.5) is 5.82 Å². The molecule has 1 aliphatic heterocycles. The van der Waals surface area contributed by atoms with E-state index in [0.717, 1.165) is 60.3 Å². The van der Waals surface area contributed by atoms with Gasteiger partial charge >= 0.3 is 5.97 Å². The van der Waals surface area contributed by atoms with Crippen LogP contribution in [0.5, 0.6) is 0 Å². The number of nitrogens with zero attached hydrogens (tertiary/aromatic N) is 2. The van der Waals surface area contributed by atoms with Gasteiger partial charge in [-0.15, -0.1) is 0 Å². The summed E-state index contributed by atoms with van der Waals surface area (Å²) in [5.74, 6) is 0.222. The first-order valence-electron chi connectivity index (χ1n) is 11.7. The van der Waals surface area contributed by atoms with E-state index >= 15 is 0 Å². The Morgan fingerprint density at radius 3 is 2.38 bits per heavy atom. The number of hydrogen-bond acceptors (Lipinski definition) is 3. The van der Waals surface area contributed by atoms with Gasteiger partial charge in [0.1, 0.15) is 5.82 Å². The Kier molecular flexibility index (Phi) is 6.89. The van der Waals surface area contributed by atoms with Crippen molar-refractivity contribution >= 4 is 11.8 Å². The molecule has 4 nitrogen and oxygen atoms in total. The van der Waals surface area contributed by atoms with Crippen LogP contribution >= 0.6 is 0 Å². The number of fused-ring (bicyclic) bond motifs is 1. The van der Waals surface area contributed by atoms with Gasteiger partial charge < -0.3 is 10.0 Å². The van der Waals surface area contributed by atoms with E-state index in [0.29, 0.717) is 0 Å². The summed E-state index contributed by atoms with van der Waals surface area (Å²) in [7, 11) is 0. The molecule has 32 heavy (non-hydrogen) atoms. The fraction of sp³-hybridized carbons (Fsp3) is 0.357. The van der Waals surface area contributed by atoms with Crippen LogP contribution in [0.15, 0.2) is 66.7 Å². The van der Waals surface area contributed by atoms with E-state index < -0.39 is 5.97 Å². The van der Waals surface area contributed by atoms with Gasteiger partial charge in [0.2, 0.25) is 0 Å². The number of aliphatic carboxylic acids is 1. The van der Waals surface area contributed by atoms with Crippen molar-refractivity contribution in [2.45, 2.75) is 64.5 Å². The first kappa shape index (κ1) is 22.1. The van der Waals surface area contributed by atoms with Gasteiger partial charge in [0.25, 0.3) is 0 Å². The molecule has 0 amide bonds. The van der Waals surface area contributed by atoms with Crippen LogP contribution in [0.1, 0.15) is 51.5 Å². The minimum Gasteiger partial charge on any atom is -0.481 e. The lowest BCUT2D eigenvalue weighted by molar-refractivity contribution is -0.137. The molecule has 0 saturated carbocycles. The highest BCUT2D eigenvalue weighted by Gasteiger charge is 2.32. The van der Waals surface area contributed by atoms with E-state index in [-0.39, 0.29) is 18.5 Å². The van der Waals surface area contributed by atoms with E-state index in [9.17, 15) is 9.90 Å². The summed E-state index contributed by atoms with van der Waals surface area (Å²) in [5.41, 5.74) is 5.54. The van der Waals surface area contributed by atoms with Crippen LogP contribution in [-0.2, 0) is 11.2 Å². The highest BCUT2D eigenvalue weighted by molar-refractivity contribution is 5.83. The van der Waals surface area contributed by atoms with Crippen molar-refractivity contribution in [1.29, 1.82) is 0 Å². The highest BCUT2D eigenvalue weighted by Crippen LogP contribution is 2.40. The number of anilines is 1. The smallest absolute Gasteiger partial charge is 0.305 e. The number of benzene rings is 2. The molecule has 2 aromatic carbocycles. The highest BCUT2D eigenvalue weighted by atomic mass is 16.4. The van der Waals surface area contributed by atoms with Crippen LogP contribution < -0.4 is 4.90 Å². The minimum absolute atomic E-state index is 0.0415. The number of aromatic nitrogens is 1. The first-order chi connectivity index (χ1) is 15.6. The quantitative estimate of drug-likeness (QED) is 0.440. The lowest BCUT2D eigenvalue weighted by Crippen LogP contribution is -2.46. The average molecular weight is 429 g/mol. The van der Waals surface area contributed by atoms with Gasteiger partial charge in [0.15, 0.2) is 0 Å². The SMILES string of the molecule is CCCCC(CC(=O)O)N1c2nc(-c3ccccc3)c(-c3ccccc3)cc2CCC1C. The average Bonchev–Trinajstić information content (AvgIpc) is 2.82. The molecular formula is C28H32N2O2. The summed E-state index contributed by atoms with van der Waals surface area (Å²) >= 11 is 0. The van der Waals surface area contributed by atoms with Gasteiger partial charge in [-0.05, 0) is 43.4 Å². The molecule has 2 unspecified atom stereocenters. The predicted molar refractivity (Wildman–Crippen MR) is 131 cm³/mol. The second-order valence-electron chi connectivity index (χ2n) is 8.79. The molecule has 3 aromatic rings. The first-order valence-corrected chi connectivity index (χ1v) is 11.7. The number of carboxylic acids is 1. The van der Waals surface area contributed by atoms with Crippen LogP contribution in [-0.4, -0.2) is 28.1 Å². The van der Waals surface area contributed by atoms with Gasteiger partial charge in [-0.3, -0.25) is 4.79 Å². The maximum absolute atomic E-state index is 11.7. The van der Waals surface area contributed by atoms with Gasteiger partial charge in [0.05, 0.1) is 12.1 Å². The standard InChI is InChI=1S/C28H32N2O2/c1-3-4-15-24(19-26(31)32)30-20(2)16-17-23-18-25(21-11-7-5-8-12-21)27(29-28(23)30)22-13-9-6-10-14-22/h5-14,18,20,24H,3-4,15-17,19H2,1-2H3,(H,31,32). The Bertz CT molecular complexity index is 1050. The Hall–Kier alpha value is -3.14. The third-order valence-corrected chi connectivity index (χ3v) is 6.46.